The lowest BCUT2D eigenvalue weighted by Crippen LogP contribution is -2.35. The first-order chi connectivity index (χ1) is 9.67. The maximum absolute atomic E-state index is 9.29. The quantitative estimate of drug-likeness (QED) is 0.332. The molecule has 2 rings (SSSR count). The Morgan fingerprint density at radius 1 is 1.40 bits per heavy atom. The Labute approximate surface area is 119 Å². The molecule has 5 nitrogen and oxygen atoms in total. The van der Waals surface area contributed by atoms with E-state index in [9.17, 15) is 5.11 Å². The first-order valence-corrected chi connectivity index (χ1v) is 7.13. The summed E-state index contributed by atoms with van der Waals surface area (Å²) in [6, 6.07) is 6.41. The number of hydrogen-bond acceptors (Lipinski definition) is 4. The summed E-state index contributed by atoms with van der Waals surface area (Å²) in [5, 5.41) is 21.1. The van der Waals surface area contributed by atoms with Crippen LogP contribution < -0.4 is 10.6 Å². The van der Waals surface area contributed by atoms with E-state index in [0.29, 0.717) is 12.6 Å². The van der Waals surface area contributed by atoms with Crippen molar-refractivity contribution in [2.45, 2.75) is 38.6 Å². The second kappa shape index (κ2) is 6.61. The van der Waals surface area contributed by atoms with Crippen molar-refractivity contribution < 1.29 is 10.3 Å². The molecule has 1 aliphatic rings. The topological polar surface area (TPSA) is 82.1 Å². The molecule has 0 radical (unpaired) electrons. The van der Waals surface area contributed by atoms with Crippen LogP contribution in [0.15, 0.2) is 23.4 Å². The smallest absolute Gasteiger partial charge is 0.170 e. The standard InChI is InChI=1S/C15H23N3O2/c1-11-10-13(6-7-14(11)15(16)17-20)18(8-9-19)12-4-2-3-5-12/h6-7,10,12,19-20H,2-5,8-9H2,1H3,(H2,16,17). The zero-order valence-electron chi connectivity index (χ0n) is 11.9. The van der Waals surface area contributed by atoms with Crippen LogP contribution >= 0.6 is 0 Å². The third kappa shape index (κ3) is 3.04. The maximum Gasteiger partial charge on any atom is 0.170 e. The lowest BCUT2D eigenvalue weighted by atomic mass is 10.1. The number of rotatable bonds is 5. The predicted molar refractivity (Wildman–Crippen MR) is 80.4 cm³/mol. The first-order valence-electron chi connectivity index (χ1n) is 7.13. The Kier molecular flexibility index (Phi) is 4.84. The third-order valence-electron chi connectivity index (χ3n) is 4.03. The number of oxime groups is 1. The van der Waals surface area contributed by atoms with Crippen molar-refractivity contribution in [1.29, 1.82) is 0 Å². The van der Waals surface area contributed by atoms with Crippen LogP contribution in [0.5, 0.6) is 0 Å². The second-order valence-electron chi connectivity index (χ2n) is 5.34. The summed E-state index contributed by atoms with van der Waals surface area (Å²) in [4.78, 5) is 2.27. The van der Waals surface area contributed by atoms with Crippen LogP contribution in [0.2, 0.25) is 0 Å². The molecule has 1 saturated carbocycles. The maximum atomic E-state index is 9.29. The van der Waals surface area contributed by atoms with E-state index >= 15 is 0 Å². The largest absolute Gasteiger partial charge is 0.409 e. The summed E-state index contributed by atoms with van der Waals surface area (Å²) in [5.41, 5.74) is 8.46. The molecular weight excluding hydrogens is 254 g/mol. The molecule has 5 heteroatoms. The minimum absolute atomic E-state index is 0.128. The Morgan fingerprint density at radius 3 is 2.65 bits per heavy atom. The van der Waals surface area contributed by atoms with Crippen molar-refractivity contribution in [2.75, 3.05) is 18.1 Å². The summed E-state index contributed by atoms with van der Waals surface area (Å²) >= 11 is 0. The number of anilines is 1. The fraction of sp³-hybridized carbons (Fsp3) is 0.533. The normalized spacial score (nSPS) is 16.6. The minimum Gasteiger partial charge on any atom is -0.409 e. The molecule has 0 saturated heterocycles. The van der Waals surface area contributed by atoms with Gasteiger partial charge in [0.05, 0.1) is 6.61 Å². The van der Waals surface area contributed by atoms with E-state index in [2.05, 4.69) is 10.1 Å². The van der Waals surface area contributed by atoms with Crippen molar-refractivity contribution in [3.63, 3.8) is 0 Å². The van der Waals surface area contributed by atoms with Gasteiger partial charge in [-0.1, -0.05) is 18.0 Å². The van der Waals surface area contributed by atoms with Crippen LogP contribution in [0.4, 0.5) is 5.69 Å². The van der Waals surface area contributed by atoms with E-state index in [1.54, 1.807) is 0 Å². The highest BCUT2D eigenvalue weighted by Gasteiger charge is 2.22. The molecule has 4 N–H and O–H groups in total. The molecule has 1 aromatic rings. The van der Waals surface area contributed by atoms with Gasteiger partial charge in [0, 0.05) is 23.8 Å². The van der Waals surface area contributed by atoms with Crippen molar-refractivity contribution in [2.24, 2.45) is 10.9 Å². The summed E-state index contributed by atoms with van der Waals surface area (Å²) in [7, 11) is 0. The fourth-order valence-corrected chi connectivity index (χ4v) is 3.01. The van der Waals surface area contributed by atoms with E-state index in [4.69, 9.17) is 10.9 Å². The number of nitrogens with two attached hydrogens (primary N) is 1. The van der Waals surface area contributed by atoms with Crippen molar-refractivity contribution in [3.05, 3.63) is 29.3 Å². The molecule has 110 valence electrons. The number of aryl methyl sites for hydroxylation is 1. The lowest BCUT2D eigenvalue weighted by Gasteiger charge is -2.31. The molecule has 0 spiro atoms. The van der Waals surface area contributed by atoms with Gasteiger partial charge in [0.25, 0.3) is 0 Å². The fourth-order valence-electron chi connectivity index (χ4n) is 3.01. The van der Waals surface area contributed by atoms with Gasteiger partial charge in [-0.05, 0) is 43.5 Å². The highest BCUT2D eigenvalue weighted by molar-refractivity contribution is 5.98. The Balaban J connectivity index is 2.27. The molecule has 0 atom stereocenters. The highest BCUT2D eigenvalue weighted by Crippen LogP contribution is 2.29. The highest BCUT2D eigenvalue weighted by atomic mass is 16.4. The van der Waals surface area contributed by atoms with E-state index in [-0.39, 0.29) is 12.4 Å². The number of hydrogen-bond donors (Lipinski definition) is 3. The van der Waals surface area contributed by atoms with Crippen molar-refractivity contribution >= 4 is 11.5 Å². The first kappa shape index (κ1) is 14.7. The summed E-state index contributed by atoms with van der Waals surface area (Å²) in [6.07, 6.45) is 4.88. The third-order valence-corrected chi connectivity index (χ3v) is 4.03. The molecule has 1 aliphatic carbocycles. The van der Waals surface area contributed by atoms with Crippen LogP contribution in [-0.2, 0) is 0 Å². The van der Waals surface area contributed by atoms with Crippen LogP contribution in [0.25, 0.3) is 0 Å². The van der Waals surface area contributed by atoms with Gasteiger partial charge >= 0.3 is 0 Å². The van der Waals surface area contributed by atoms with Crippen LogP contribution in [0.1, 0.15) is 36.8 Å². The Bertz CT molecular complexity index is 482. The predicted octanol–water partition coefficient (Wildman–Crippen LogP) is 1.83. The molecule has 1 fully saturated rings. The summed E-state index contributed by atoms with van der Waals surface area (Å²) in [6.45, 7) is 2.74. The van der Waals surface area contributed by atoms with Crippen LogP contribution in [0.3, 0.4) is 0 Å². The molecule has 0 aromatic heterocycles. The summed E-state index contributed by atoms with van der Waals surface area (Å²) in [5.74, 6) is 0.128. The average molecular weight is 277 g/mol. The van der Waals surface area contributed by atoms with Gasteiger partial charge in [0.1, 0.15) is 0 Å². The molecular formula is C15H23N3O2. The Morgan fingerprint density at radius 2 is 2.10 bits per heavy atom. The van der Waals surface area contributed by atoms with E-state index < -0.39 is 0 Å². The zero-order valence-corrected chi connectivity index (χ0v) is 11.9. The zero-order chi connectivity index (χ0) is 14.5. The van der Waals surface area contributed by atoms with E-state index in [1.807, 2.05) is 25.1 Å². The minimum atomic E-state index is 0.128. The van der Waals surface area contributed by atoms with Crippen LogP contribution in [0, 0.1) is 6.92 Å². The average Bonchev–Trinajstić information content (AvgIpc) is 2.97. The molecule has 20 heavy (non-hydrogen) atoms. The number of aliphatic hydroxyl groups is 1. The van der Waals surface area contributed by atoms with Gasteiger partial charge in [0.15, 0.2) is 5.84 Å². The van der Waals surface area contributed by atoms with Gasteiger partial charge in [-0.25, -0.2) is 0 Å². The van der Waals surface area contributed by atoms with Crippen LogP contribution in [-0.4, -0.2) is 35.3 Å². The number of nitrogens with zero attached hydrogens (tertiary/aromatic N) is 2. The molecule has 0 amide bonds. The van der Waals surface area contributed by atoms with Crippen molar-refractivity contribution in [3.8, 4) is 0 Å². The van der Waals surface area contributed by atoms with Gasteiger partial charge in [-0.15, -0.1) is 0 Å². The number of benzene rings is 1. The molecule has 0 aliphatic heterocycles. The molecule has 0 unspecified atom stereocenters. The van der Waals surface area contributed by atoms with E-state index in [0.717, 1.165) is 16.8 Å². The second-order valence-corrected chi connectivity index (χ2v) is 5.34. The number of aliphatic hydroxyl groups excluding tert-OH is 1. The van der Waals surface area contributed by atoms with Gasteiger partial charge in [0.2, 0.25) is 0 Å². The SMILES string of the molecule is Cc1cc(N(CCO)C2CCCC2)ccc1/C(N)=N/O. The Hall–Kier alpha value is -1.75. The molecule has 0 bridgehead atoms. The van der Waals surface area contributed by atoms with Gasteiger partial charge < -0.3 is 20.9 Å². The monoisotopic (exact) mass is 277 g/mol. The van der Waals surface area contributed by atoms with Gasteiger partial charge in [-0.3, -0.25) is 0 Å². The van der Waals surface area contributed by atoms with Gasteiger partial charge in [-0.2, -0.15) is 0 Å². The van der Waals surface area contributed by atoms with Crippen molar-refractivity contribution in [1.82, 2.24) is 0 Å². The molecule has 0 heterocycles. The van der Waals surface area contributed by atoms with E-state index in [1.165, 1.54) is 25.7 Å². The molecule has 1 aromatic carbocycles. The summed E-state index contributed by atoms with van der Waals surface area (Å²) < 4.78 is 0. The number of amidine groups is 1. The lowest BCUT2D eigenvalue weighted by molar-refractivity contribution is 0.297.